The van der Waals surface area contributed by atoms with Gasteiger partial charge in [-0.3, -0.25) is 4.79 Å². The third kappa shape index (κ3) is 3.13. The topological polar surface area (TPSA) is 46.5 Å². The molecule has 1 N–H and O–H groups in total. The fourth-order valence-corrected chi connectivity index (χ4v) is 1.32. The number of allylic oxidation sites excluding steroid dienone is 1. The Bertz CT molecular complexity index is 380. The highest BCUT2D eigenvalue weighted by atomic mass is 16.5. The molecule has 0 saturated carbocycles. The third-order valence-corrected chi connectivity index (χ3v) is 2.11. The van der Waals surface area contributed by atoms with E-state index in [1.54, 1.807) is 13.2 Å². The third-order valence-electron chi connectivity index (χ3n) is 2.11. The molecule has 1 aromatic rings. The summed E-state index contributed by atoms with van der Waals surface area (Å²) in [5.41, 5.74) is 1.84. The largest absolute Gasteiger partial charge is 0.496 e. The first-order valence-electron chi connectivity index (χ1n) is 4.67. The summed E-state index contributed by atoms with van der Waals surface area (Å²) in [4.78, 5) is 10.4. The van der Waals surface area contributed by atoms with Crippen molar-refractivity contribution in [1.29, 1.82) is 0 Å². The van der Waals surface area contributed by atoms with Crippen LogP contribution in [0.5, 0.6) is 5.75 Å². The number of hydrogen-bond acceptors (Lipinski definition) is 2. The van der Waals surface area contributed by atoms with Crippen molar-refractivity contribution in [2.75, 3.05) is 7.11 Å². The zero-order chi connectivity index (χ0) is 11.3. The molecule has 0 amide bonds. The zero-order valence-corrected chi connectivity index (χ0v) is 8.86. The smallest absolute Gasteiger partial charge is 0.307 e. The second-order valence-electron chi connectivity index (χ2n) is 3.19. The number of benzene rings is 1. The molecule has 0 saturated heterocycles. The summed E-state index contributed by atoms with van der Waals surface area (Å²) < 4.78 is 5.19. The van der Waals surface area contributed by atoms with Crippen LogP contribution in [0, 0.1) is 0 Å². The second-order valence-corrected chi connectivity index (χ2v) is 3.19. The fourth-order valence-electron chi connectivity index (χ4n) is 1.32. The van der Waals surface area contributed by atoms with E-state index < -0.39 is 5.97 Å². The van der Waals surface area contributed by atoms with Crippen molar-refractivity contribution >= 4 is 11.5 Å². The maximum Gasteiger partial charge on any atom is 0.307 e. The molecule has 0 aliphatic heterocycles. The van der Waals surface area contributed by atoms with Crippen molar-refractivity contribution in [3.05, 3.63) is 35.9 Å². The van der Waals surface area contributed by atoms with Crippen LogP contribution < -0.4 is 4.74 Å². The molecule has 1 rings (SSSR count). The summed E-state index contributed by atoms with van der Waals surface area (Å²) in [6, 6.07) is 7.54. The summed E-state index contributed by atoms with van der Waals surface area (Å²) in [6.45, 7) is 1.88. The van der Waals surface area contributed by atoms with Crippen LogP contribution in [0.4, 0.5) is 0 Å². The molecule has 80 valence electrons. The van der Waals surface area contributed by atoms with Gasteiger partial charge in [0, 0.05) is 5.56 Å². The highest BCUT2D eigenvalue weighted by Gasteiger charge is 2.03. The molecule has 0 fully saturated rings. The normalized spacial score (nSPS) is 11.2. The maximum absolute atomic E-state index is 10.4. The molecule has 3 nitrogen and oxygen atoms in total. The van der Waals surface area contributed by atoms with E-state index in [1.165, 1.54) is 0 Å². The van der Waals surface area contributed by atoms with Crippen LogP contribution in [0.2, 0.25) is 0 Å². The van der Waals surface area contributed by atoms with E-state index in [2.05, 4.69) is 0 Å². The van der Waals surface area contributed by atoms with Crippen LogP contribution in [0.25, 0.3) is 5.57 Å². The Morgan fingerprint density at radius 2 is 2.13 bits per heavy atom. The minimum absolute atomic E-state index is 0.0316. The monoisotopic (exact) mass is 206 g/mol. The van der Waals surface area contributed by atoms with E-state index in [9.17, 15) is 4.79 Å². The minimum Gasteiger partial charge on any atom is -0.496 e. The lowest BCUT2D eigenvalue weighted by molar-refractivity contribution is -0.135. The number of carboxylic acid groups (broad SMARTS) is 1. The first-order chi connectivity index (χ1) is 7.15. The molecule has 0 heterocycles. The Labute approximate surface area is 89.0 Å². The molecule has 0 aliphatic carbocycles. The van der Waals surface area contributed by atoms with Crippen molar-refractivity contribution in [1.82, 2.24) is 0 Å². The van der Waals surface area contributed by atoms with Gasteiger partial charge in [-0.2, -0.15) is 0 Å². The molecule has 3 heteroatoms. The number of carbonyl (C=O) groups is 1. The summed E-state index contributed by atoms with van der Waals surface area (Å²) in [7, 11) is 1.60. The molecule has 0 bridgehead atoms. The zero-order valence-electron chi connectivity index (χ0n) is 8.86. The number of hydrogen-bond donors (Lipinski definition) is 1. The molecule has 0 aromatic heterocycles. The molecule has 0 atom stereocenters. The highest BCUT2D eigenvalue weighted by Crippen LogP contribution is 2.25. The minimum atomic E-state index is -0.829. The fraction of sp³-hybridized carbons (Fsp3) is 0.250. The second kappa shape index (κ2) is 5.20. The lowest BCUT2D eigenvalue weighted by Gasteiger charge is -2.07. The van der Waals surface area contributed by atoms with Gasteiger partial charge >= 0.3 is 5.97 Å². The van der Waals surface area contributed by atoms with Crippen LogP contribution in [0.1, 0.15) is 18.9 Å². The van der Waals surface area contributed by atoms with Gasteiger partial charge in [0.2, 0.25) is 0 Å². The van der Waals surface area contributed by atoms with Gasteiger partial charge in [0.25, 0.3) is 0 Å². The van der Waals surface area contributed by atoms with Crippen molar-refractivity contribution in [3.8, 4) is 5.75 Å². The van der Waals surface area contributed by atoms with E-state index >= 15 is 0 Å². The number of carboxylic acids is 1. The molecule has 1 aromatic carbocycles. The van der Waals surface area contributed by atoms with Gasteiger partial charge in [-0.25, -0.2) is 0 Å². The molecule has 0 radical (unpaired) electrons. The van der Waals surface area contributed by atoms with Crippen LogP contribution in [-0.4, -0.2) is 18.2 Å². The number of methoxy groups -OCH3 is 1. The van der Waals surface area contributed by atoms with Crippen LogP contribution >= 0.6 is 0 Å². The number of ether oxygens (including phenoxy) is 1. The summed E-state index contributed by atoms with van der Waals surface area (Å²) in [6.07, 6.45) is 1.71. The Balaban J connectivity index is 2.94. The molecule has 0 spiro atoms. The van der Waals surface area contributed by atoms with Crippen molar-refractivity contribution in [2.24, 2.45) is 0 Å². The van der Waals surface area contributed by atoms with Crippen molar-refractivity contribution in [3.63, 3.8) is 0 Å². The number of para-hydroxylation sites is 1. The van der Waals surface area contributed by atoms with Gasteiger partial charge in [0.05, 0.1) is 13.5 Å². The summed E-state index contributed by atoms with van der Waals surface area (Å²) >= 11 is 0. The van der Waals surface area contributed by atoms with E-state index in [1.807, 2.05) is 31.2 Å². The van der Waals surface area contributed by atoms with Gasteiger partial charge in [0.1, 0.15) is 5.75 Å². The summed E-state index contributed by atoms with van der Waals surface area (Å²) in [5.74, 6) is -0.0686. The standard InChI is InChI=1S/C12H14O3/c1-9(7-8-12(13)14)10-5-3-4-6-11(10)15-2/h3-7H,8H2,1-2H3,(H,13,14)/b9-7-. The summed E-state index contributed by atoms with van der Waals surface area (Å²) in [5, 5.41) is 8.56. The predicted octanol–water partition coefficient (Wildman–Crippen LogP) is 2.57. The first kappa shape index (κ1) is 11.3. The molecular weight excluding hydrogens is 192 g/mol. The Morgan fingerprint density at radius 1 is 1.47 bits per heavy atom. The molecule has 0 aliphatic rings. The SMILES string of the molecule is COc1ccccc1/C(C)=C\CC(=O)O. The van der Waals surface area contributed by atoms with Gasteiger partial charge in [0.15, 0.2) is 0 Å². The average Bonchev–Trinajstić information content (AvgIpc) is 2.25. The Hall–Kier alpha value is -1.77. The number of aliphatic carboxylic acids is 1. The molecular formula is C12H14O3. The van der Waals surface area contributed by atoms with E-state index in [0.29, 0.717) is 0 Å². The predicted molar refractivity (Wildman–Crippen MR) is 58.9 cm³/mol. The lowest BCUT2D eigenvalue weighted by atomic mass is 10.1. The van der Waals surface area contributed by atoms with Crippen molar-refractivity contribution in [2.45, 2.75) is 13.3 Å². The number of rotatable bonds is 4. The highest BCUT2D eigenvalue weighted by molar-refractivity contribution is 5.75. The quantitative estimate of drug-likeness (QED) is 0.823. The van der Waals surface area contributed by atoms with Gasteiger partial charge in [-0.05, 0) is 18.6 Å². The average molecular weight is 206 g/mol. The van der Waals surface area contributed by atoms with E-state index in [0.717, 1.165) is 16.9 Å². The van der Waals surface area contributed by atoms with Gasteiger partial charge in [-0.15, -0.1) is 0 Å². The Morgan fingerprint density at radius 3 is 2.73 bits per heavy atom. The van der Waals surface area contributed by atoms with Gasteiger partial charge < -0.3 is 9.84 Å². The molecule has 0 unspecified atom stereocenters. The van der Waals surface area contributed by atoms with Crippen molar-refractivity contribution < 1.29 is 14.6 Å². The first-order valence-corrected chi connectivity index (χ1v) is 4.67. The van der Waals surface area contributed by atoms with Crippen LogP contribution in [0.3, 0.4) is 0 Å². The van der Waals surface area contributed by atoms with Crippen LogP contribution in [-0.2, 0) is 4.79 Å². The van der Waals surface area contributed by atoms with Gasteiger partial charge in [-0.1, -0.05) is 24.3 Å². The lowest BCUT2D eigenvalue weighted by Crippen LogP contribution is -1.93. The Kier molecular flexibility index (Phi) is 3.92. The molecule has 15 heavy (non-hydrogen) atoms. The maximum atomic E-state index is 10.4. The van der Waals surface area contributed by atoms with E-state index in [-0.39, 0.29) is 6.42 Å². The van der Waals surface area contributed by atoms with E-state index in [4.69, 9.17) is 9.84 Å². The van der Waals surface area contributed by atoms with Crippen LogP contribution in [0.15, 0.2) is 30.3 Å².